The van der Waals surface area contributed by atoms with Gasteiger partial charge in [-0.05, 0) is 12.1 Å². The Balaban J connectivity index is 1.77. The lowest BCUT2D eigenvalue weighted by molar-refractivity contribution is -0.671. The lowest BCUT2D eigenvalue weighted by atomic mass is 10.2. The highest BCUT2D eigenvalue weighted by molar-refractivity contribution is 5.80. The van der Waals surface area contributed by atoms with Crippen molar-refractivity contribution in [2.24, 2.45) is 12.1 Å². The zero-order valence-corrected chi connectivity index (χ0v) is 15.1. The highest BCUT2D eigenvalue weighted by Gasteiger charge is 2.15. The third-order valence-electron chi connectivity index (χ3n) is 4.27. The van der Waals surface area contributed by atoms with Gasteiger partial charge in [-0.2, -0.15) is 5.10 Å². The second kappa shape index (κ2) is 7.98. The molecule has 0 aliphatic carbocycles. The molecule has 1 aromatic carbocycles. The third-order valence-corrected chi connectivity index (χ3v) is 4.27. The molecule has 3 rings (SSSR count). The van der Waals surface area contributed by atoms with Crippen LogP contribution in [0.5, 0.6) is 5.75 Å². The average Bonchev–Trinajstić information content (AvgIpc) is 2.67. The molecule has 0 N–H and O–H groups in total. The number of pyridine rings is 1. The highest BCUT2D eigenvalue weighted by atomic mass is 16.5. The second-order valence-corrected chi connectivity index (χ2v) is 6.02. The predicted octanol–water partition coefficient (Wildman–Crippen LogP) is 1.83. The van der Waals surface area contributed by atoms with Crippen LogP contribution in [0.2, 0.25) is 0 Å². The number of benzene rings is 1. The Labute approximate surface area is 148 Å². The van der Waals surface area contributed by atoms with Crippen molar-refractivity contribution in [3.05, 3.63) is 48.3 Å². The Kier molecular flexibility index (Phi) is 5.50. The van der Waals surface area contributed by atoms with Crippen molar-refractivity contribution < 1.29 is 14.0 Å². The molecule has 0 spiro atoms. The zero-order valence-electron chi connectivity index (χ0n) is 15.1. The van der Waals surface area contributed by atoms with E-state index in [1.54, 1.807) is 7.11 Å². The fourth-order valence-corrected chi connectivity index (χ4v) is 2.77. The fraction of sp³-hybridized carbons (Fsp3) is 0.368. The molecule has 1 aliphatic rings. The van der Waals surface area contributed by atoms with Crippen LogP contribution in [-0.2, 0) is 11.8 Å². The first kappa shape index (κ1) is 17.2. The lowest BCUT2D eigenvalue weighted by Gasteiger charge is -2.29. The Morgan fingerprint density at radius 3 is 2.60 bits per heavy atom. The van der Waals surface area contributed by atoms with Gasteiger partial charge >= 0.3 is 0 Å². The molecule has 1 fully saturated rings. The van der Waals surface area contributed by atoms with Crippen LogP contribution in [0.25, 0.3) is 0 Å². The van der Waals surface area contributed by atoms with Crippen LogP contribution >= 0.6 is 0 Å². The number of ether oxygens (including phenoxy) is 2. The van der Waals surface area contributed by atoms with Crippen molar-refractivity contribution in [1.29, 1.82) is 0 Å². The van der Waals surface area contributed by atoms with Gasteiger partial charge in [0.1, 0.15) is 18.5 Å². The van der Waals surface area contributed by atoms with Gasteiger partial charge in [-0.1, -0.05) is 0 Å². The maximum Gasteiger partial charge on any atom is 0.169 e. The summed E-state index contributed by atoms with van der Waals surface area (Å²) in [6.45, 7) is 3.34. The molecule has 0 atom stereocenters. The highest BCUT2D eigenvalue weighted by Crippen LogP contribution is 2.32. The molecule has 2 heterocycles. The Morgan fingerprint density at radius 2 is 1.92 bits per heavy atom. The zero-order chi connectivity index (χ0) is 17.6. The SMILES string of the molecule is COc1cc(N2CCOCC2)ccc1N(C)/N=C/c1cc[n+](C)cc1. The van der Waals surface area contributed by atoms with Gasteiger partial charge < -0.3 is 14.4 Å². The summed E-state index contributed by atoms with van der Waals surface area (Å²) < 4.78 is 13.0. The van der Waals surface area contributed by atoms with Crippen LogP contribution in [0.15, 0.2) is 47.8 Å². The van der Waals surface area contributed by atoms with E-state index in [4.69, 9.17) is 9.47 Å². The minimum atomic E-state index is 0.767. The molecule has 0 unspecified atom stereocenters. The Hall–Kier alpha value is -2.60. The van der Waals surface area contributed by atoms with Crippen molar-refractivity contribution in [1.82, 2.24) is 0 Å². The summed E-state index contributed by atoms with van der Waals surface area (Å²) in [5.74, 6) is 0.808. The van der Waals surface area contributed by atoms with Crippen LogP contribution in [0.1, 0.15) is 5.56 Å². The average molecular weight is 341 g/mol. The minimum absolute atomic E-state index is 0.767. The van der Waals surface area contributed by atoms with Crippen molar-refractivity contribution in [3.8, 4) is 5.75 Å². The molecule has 0 amide bonds. The number of methoxy groups -OCH3 is 1. The summed E-state index contributed by atoms with van der Waals surface area (Å²) in [7, 11) is 5.61. The number of morpholine rings is 1. The van der Waals surface area contributed by atoms with Crippen molar-refractivity contribution in [2.75, 3.05) is 50.4 Å². The van der Waals surface area contributed by atoms with E-state index in [1.165, 1.54) is 0 Å². The van der Waals surface area contributed by atoms with Crippen LogP contribution in [-0.4, -0.2) is 46.7 Å². The van der Waals surface area contributed by atoms with E-state index in [0.717, 1.165) is 49.0 Å². The second-order valence-electron chi connectivity index (χ2n) is 6.02. The maximum atomic E-state index is 5.59. The number of hydrogen-bond donors (Lipinski definition) is 0. The predicted molar refractivity (Wildman–Crippen MR) is 99.6 cm³/mol. The van der Waals surface area contributed by atoms with Gasteiger partial charge in [-0.3, -0.25) is 5.01 Å². The molecule has 25 heavy (non-hydrogen) atoms. The molecular weight excluding hydrogens is 316 g/mol. The Bertz CT molecular complexity index is 725. The molecule has 6 heteroatoms. The molecule has 1 aliphatic heterocycles. The summed E-state index contributed by atoms with van der Waals surface area (Å²) in [4.78, 5) is 2.31. The molecule has 0 radical (unpaired) electrons. The van der Waals surface area contributed by atoms with E-state index >= 15 is 0 Å². The topological polar surface area (TPSA) is 41.2 Å². The van der Waals surface area contributed by atoms with Gasteiger partial charge in [0.25, 0.3) is 0 Å². The number of aromatic nitrogens is 1. The van der Waals surface area contributed by atoms with Crippen molar-refractivity contribution >= 4 is 17.6 Å². The number of hydrazone groups is 1. The van der Waals surface area contributed by atoms with Crippen LogP contribution in [0.3, 0.4) is 0 Å². The van der Waals surface area contributed by atoms with Crippen LogP contribution in [0, 0.1) is 0 Å². The van der Waals surface area contributed by atoms with E-state index in [2.05, 4.69) is 22.1 Å². The van der Waals surface area contributed by atoms with Gasteiger partial charge in [0, 0.05) is 49.6 Å². The van der Waals surface area contributed by atoms with Crippen LogP contribution in [0.4, 0.5) is 11.4 Å². The Morgan fingerprint density at radius 1 is 1.20 bits per heavy atom. The molecule has 6 nitrogen and oxygen atoms in total. The third kappa shape index (κ3) is 4.28. The van der Waals surface area contributed by atoms with Gasteiger partial charge in [0.15, 0.2) is 12.4 Å². The van der Waals surface area contributed by atoms with Gasteiger partial charge in [0.05, 0.1) is 26.5 Å². The van der Waals surface area contributed by atoms with E-state index in [9.17, 15) is 0 Å². The molecule has 1 aromatic heterocycles. The van der Waals surface area contributed by atoms with Gasteiger partial charge in [0.2, 0.25) is 0 Å². The van der Waals surface area contributed by atoms with E-state index in [1.807, 2.05) is 60.5 Å². The number of nitrogens with zero attached hydrogens (tertiary/aromatic N) is 4. The number of hydrogen-bond acceptors (Lipinski definition) is 5. The van der Waals surface area contributed by atoms with Gasteiger partial charge in [-0.15, -0.1) is 0 Å². The molecule has 0 bridgehead atoms. The number of aryl methyl sites for hydroxylation is 1. The monoisotopic (exact) mass is 341 g/mol. The summed E-state index contributed by atoms with van der Waals surface area (Å²) in [5.41, 5.74) is 3.13. The number of rotatable bonds is 5. The minimum Gasteiger partial charge on any atom is -0.494 e. The first-order valence-electron chi connectivity index (χ1n) is 8.41. The smallest absolute Gasteiger partial charge is 0.169 e. The summed E-state index contributed by atoms with van der Waals surface area (Å²) in [5, 5.41) is 6.36. The quantitative estimate of drug-likeness (QED) is 0.473. The van der Waals surface area contributed by atoms with Crippen LogP contribution < -0.4 is 19.2 Å². The lowest BCUT2D eigenvalue weighted by Crippen LogP contribution is -2.36. The largest absolute Gasteiger partial charge is 0.494 e. The fourth-order valence-electron chi connectivity index (χ4n) is 2.77. The summed E-state index contributed by atoms with van der Waals surface area (Å²) in [6, 6.07) is 10.3. The summed E-state index contributed by atoms with van der Waals surface area (Å²) in [6.07, 6.45) is 5.84. The molecule has 2 aromatic rings. The molecule has 1 saturated heterocycles. The van der Waals surface area contributed by atoms with Gasteiger partial charge in [-0.25, -0.2) is 4.57 Å². The van der Waals surface area contributed by atoms with E-state index in [-0.39, 0.29) is 0 Å². The first-order valence-corrected chi connectivity index (χ1v) is 8.41. The first-order chi connectivity index (χ1) is 12.2. The maximum absolute atomic E-state index is 5.59. The molecule has 0 saturated carbocycles. The van der Waals surface area contributed by atoms with E-state index in [0.29, 0.717) is 0 Å². The standard InChI is InChI=1S/C19H25N4O2/c1-21-8-6-16(7-9-21)15-20-22(2)18-5-4-17(14-19(18)24-3)23-10-12-25-13-11-23/h4-9,14-15H,10-13H2,1-3H3/q+1. The molecular formula is C19H25N4O2+. The van der Waals surface area contributed by atoms with Crippen molar-refractivity contribution in [3.63, 3.8) is 0 Å². The van der Waals surface area contributed by atoms with Crippen molar-refractivity contribution in [2.45, 2.75) is 0 Å². The number of anilines is 2. The van der Waals surface area contributed by atoms with E-state index < -0.39 is 0 Å². The molecule has 132 valence electrons. The normalized spacial score (nSPS) is 14.8. The summed E-state index contributed by atoms with van der Waals surface area (Å²) >= 11 is 0.